The molecular formula is C28H29F3N6O3. The van der Waals surface area contributed by atoms with E-state index in [0.717, 1.165) is 28.1 Å². The number of nitrogens with zero attached hydrogens (tertiary/aromatic N) is 4. The molecule has 12 heteroatoms. The molecule has 1 aliphatic carbocycles. The number of aliphatic hydroxyl groups is 1. The van der Waals surface area contributed by atoms with Crippen LogP contribution in [0.5, 0.6) is 0 Å². The number of rotatable bonds is 6. The lowest BCUT2D eigenvalue weighted by molar-refractivity contribution is -0.129. The van der Waals surface area contributed by atoms with Crippen LogP contribution in [0.15, 0.2) is 42.9 Å². The Balaban J connectivity index is 1.60. The first-order valence-corrected chi connectivity index (χ1v) is 13.1. The van der Waals surface area contributed by atoms with Crippen LogP contribution in [0.4, 0.5) is 18.9 Å². The van der Waals surface area contributed by atoms with Gasteiger partial charge in [0.1, 0.15) is 17.9 Å². The van der Waals surface area contributed by atoms with Crippen LogP contribution >= 0.6 is 0 Å². The second kappa shape index (κ2) is 10.8. The summed E-state index contributed by atoms with van der Waals surface area (Å²) in [5.41, 5.74) is 2.00. The van der Waals surface area contributed by atoms with Crippen LogP contribution in [0, 0.1) is 24.2 Å². The summed E-state index contributed by atoms with van der Waals surface area (Å²) in [6.07, 6.45) is 4.32. The summed E-state index contributed by atoms with van der Waals surface area (Å²) in [4.78, 5) is 37.5. The molecule has 1 aliphatic heterocycles. The van der Waals surface area contributed by atoms with Crippen molar-refractivity contribution in [1.29, 1.82) is 5.26 Å². The molecule has 2 aliphatic rings. The van der Waals surface area contributed by atoms with E-state index in [2.05, 4.69) is 15.3 Å². The molecule has 210 valence electrons. The van der Waals surface area contributed by atoms with E-state index in [1.54, 1.807) is 24.4 Å². The fourth-order valence-corrected chi connectivity index (χ4v) is 5.59. The largest absolute Gasteiger partial charge is 0.391 e. The van der Waals surface area contributed by atoms with Crippen LogP contribution in [0.3, 0.4) is 0 Å². The lowest BCUT2D eigenvalue weighted by Crippen LogP contribution is -2.52. The molecule has 1 saturated heterocycles. The highest BCUT2D eigenvalue weighted by molar-refractivity contribution is 6.05. The van der Waals surface area contributed by atoms with Crippen molar-refractivity contribution in [3.63, 3.8) is 0 Å². The number of β-amino-alcohol motifs (C(OH)–C–C–N with tert-alkyl or cyclic N) is 1. The summed E-state index contributed by atoms with van der Waals surface area (Å²) in [5.74, 6) is -4.88. The number of aromatic nitrogens is 2. The minimum Gasteiger partial charge on any atom is -0.391 e. The Morgan fingerprint density at radius 2 is 2.02 bits per heavy atom. The number of aryl methyl sites for hydroxylation is 1. The van der Waals surface area contributed by atoms with Gasteiger partial charge in [0.15, 0.2) is 6.19 Å². The summed E-state index contributed by atoms with van der Waals surface area (Å²) in [6.45, 7) is 1.86. The fourth-order valence-electron chi connectivity index (χ4n) is 5.59. The van der Waals surface area contributed by atoms with Gasteiger partial charge in [-0.15, -0.1) is 0 Å². The molecule has 2 aromatic heterocycles. The fraction of sp³-hybridized carbons (Fsp3) is 0.429. The third-order valence-electron chi connectivity index (χ3n) is 7.69. The standard InChI is InChI=1S/C28H29F3N6O3/c1-16-11-34-23-9-20(2-3-22(16)23)37(27(40)24-10-21(38)14-36(24)15-32)25(17-8-18(29)13-33-12-17)26(39)35-19-4-6-28(30,31)7-5-19/h2-3,8-9,11-13,19,21,24-25,34,38H,4-7,10,14H2,1H3,(H,35,39). The Hall–Kier alpha value is -4.11. The van der Waals surface area contributed by atoms with Crippen LogP contribution in [-0.4, -0.2) is 62.4 Å². The molecule has 3 heterocycles. The van der Waals surface area contributed by atoms with E-state index >= 15 is 0 Å². The topological polar surface area (TPSA) is 125 Å². The first-order valence-electron chi connectivity index (χ1n) is 13.1. The van der Waals surface area contributed by atoms with Gasteiger partial charge in [0.25, 0.3) is 5.91 Å². The molecule has 9 nitrogen and oxygen atoms in total. The summed E-state index contributed by atoms with van der Waals surface area (Å²) >= 11 is 0. The monoisotopic (exact) mass is 554 g/mol. The van der Waals surface area contributed by atoms with Gasteiger partial charge in [-0.25, -0.2) is 13.2 Å². The smallest absolute Gasteiger partial charge is 0.251 e. The number of benzene rings is 1. The highest BCUT2D eigenvalue weighted by Gasteiger charge is 2.44. The maximum atomic E-state index is 14.4. The van der Waals surface area contributed by atoms with Crippen molar-refractivity contribution in [2.24, 2.45) is 0 Å². The van der Waals surface area contributed by atoms with Crippen molar-refractivity contribution in [1.82, 2.24) is 20.2 Å². The van der Waals surface area contributed by atoms with Crippen molar-refractivity contribution in [2.75, 3.05) is 11.4 Å². The number of nitriles is 1. The summed E-state index contributed by atoms with van der Waals surface area (Å²) < 4.78 is 42.0. The molecule has 3 aromatic rings. The Morgan fingerprint density at radius 1 is 1.27 bits per heavy atom. The lowest BCUT2D eigenvalue weighted by atomic mass is 9.91. The average molecular weight is 555 g/mol. The number of carbonyl (C=O) groups excluding carboxylic acids is 2. The number of hydrogen-bond acceptors (Lipinski definition) is 6. The number of likely N-dealkylation sites (tertiary alicyclic amines) is 1. The maximum absolute atomic E-state index is 14.4. The van der Waals surface area contributed by atoms with Crippen molar-refractivity contribution >= 4 is 28.4 Å². The Labute approximate surface area is 228 Å². The highest BCUT2D eigenvalue weighted by atomic mass is 19.3. The Kier molecular flexibility index (Phi) is 7.42. The van der Waals surface area contributed by atoms with Gasteiger partial charge in [0.2, 0.25) is 11.8 Å². The molecule has 2 amide bonds. The number of aromatic amines is 1. The second-order valence-corrected chi connectivity index (χ2v) is 10.5. The zero-order chi connectivity index (χ0) is 28.6. The second-order valence-electron chi connectivity index (χ2n) is 10.5. The minimum absolute atomic E-state index is 0.0415. The lowest BCUT2D eigenvalue weighted by Gasteiger charge is -2.36. The van der Waals surface area contributed by atoms with Crippen molar-refractivity contribution in [2.45, 2.75) is 69.2 Å². The minimum atomic E-state index is -2.80. The number of hydrogen-bond donors (Lipinski definition) is 3. The summed E-state index contributed by atoms with van der Waals surface area (Å²) in [6, 6.07) is 3.12. The van der Waals surface area contributed by atoms with E-state index in [-0.39, 0.29) is 44.2 Å². The van der Waals surface area contributed by atoms with Crippen LogP contribution in [0.25, 0.3) is 10.9 Å². The predicted octanol–water partition coefficient (Wildman–Crippen LogP) is 3.70. The van der Waals surface area contributed by atoms with Gasteiger partial charge in [-0.2, -0.15) is 5.26 Å². The molecule has 0 bridgehead atoms. The van der Waals surface area contributed by atoms with Gasteiger partial charge in [-0.05, 0) is 43.5 Å². The number of aliphatic hydroxyl groups excluding tert-OH is 1. The third-order valence-corrected chi connectivity index (χ3v) is 7.69. The number of H-pyrrole nitrogens is 1. The molecule has 3 atom stereocenters. The SMILES string of the molecule is Cc1c[nH]c2cc(N(C(=O)C3CC(O)CN3C#N)C(C(=O)NC3CCC(F)(F)CC3)c3cncc(F)c3)ccc12. The number of anilines is 1. The molecule has 1 aromatic carbocycles. The van der Waals surface area contributed by atoms with Gasteiger partial charge in [-0.3, -0.25) is 24.4 Å². The number of pyridine rings is 1. The van der Waals surface area contributed by atoms with Gasteiger partial charge in [0, 0.05) is 59.9 Å². The number of nitrogens with one attached hydrogen (secondary N) is 2. The third kappa shape index (κ3) is 5.47. The predicted molar refractivity (Wildman–Crippen MR) is 140 cm³/mol. The van der Waals surface area contributed by atoms with Crippen LogP contribution in [0.2, 0.25) is 0 Å². The first kappa shape index (κ1) is 27.5. The number of amides is 2. The van der Waals surface area contributed by atoms with Gasteiger partial charge >= 0.3 is 0 Å². The molecule has 3 unspecified atom stereocenters. The van der Waals surface area contributed by atoms with Crippen LogP contribution in [0.1, 0.15) is 49.3 Å². The zero-order valence-corrected chi connectivity index (χ0v) is 21.8. The maximum Gasteiger partial charge on any atom is 0.251 e. The normalized spacial score (nSPS) is 21.6. The Morgan fingerprint density at radius 3 is 2.73 bits per heavy atom. The summed E-state index contributed by atoms with van der Waals surface area (Å²) in [5, 5.41) is 23.6. The molecule has 0 spiro atoms. The molecule has 2 fully saturated rings. The van der Waals surface area contributed by atoms with E-state index in [1.807, 2.05) is 13.1 Å². The average Bonchev–Trinajstić information content (AvgIpc) is 3.49. The Bertz CT molecular complexity index is 1460. The van der Waals surface area contributed by atoms with Gasteiger partial charge < -0.3 is 15.4 Å². The van der Waals surface area contributed by atoms with E-state index in [9.17, 15) is 33.1 Å². The molecular weight excluding hydrogens is 525 g/mol. The van der Waals surface area contributed by atoms with E-state index < -0.39 is 47.8 Å². The first-order chi connectivity index (χ1) is 19.1. The molecule has 3 N–H and O–H groups in total. The number of fused-ring (bicyclic) bond motifs is 1. The zero-order valence-electron chi connectivity index (χ0n) is 21.8. The van der Waals surface area contributed by atoms with Crippen molar-refractivity contribution in [3.8, 4) is 6.19 Å². The van der Waals surface area contributed by atoms with Crippen LogP contribution in [-0.2, 0) is 9.59 Å². The summed E-state index contributed by atoms with van der Waals surface area (Å²) in [7, 11) is 0. The highest BCUT2D eigenvalue weighted by Crippen LogP contribution is 2.36. The van der Waals surface area contributed by atoms with E-state index in [0.29, 0.717) is 11.2 Å². The van der Waals surface area contributed by atoms with Crippen molar-refractivity contribution < 1.29 is 27.9 Å². The number of alkyl halides is 2. The van der Waals surface area contributed by atoms with E-state index in [4.69, 9.17) is 0 Å². The van der Waals surface area contributed by atoms with E-state index in [1.165, 1.54) is 11.1 Å². The molecule has 5 rings (SSSR count). The molecule has 40 heavy (non-hydrogen) atoms. The van der Waals surface area contributed by atoms with Gasteiger partial charge in [0.05, 0.1) is 18.8 Å². The van der Waals surface area contributed by atoms with Crippen molar-refractivity contribution in [3.05, 3.63) is 59.8 Å². The molecule has 1 saturated carbocycles. The quantitative estimate of drug-likeness (QED) is 0.399. The number of carbonyl (C=O) groups is 2. The van der Waals surface area contributed by atoms with Gasteiger partial charge in [-0.1, -0.05) is 6.07 Å². The molecule has 0 radical (unpaired) electrons. The number of halogens is 3. The van der Waals surface area contributed by atoms with Crippen LogP contribution < -0.4 is 10.2 Å².